The molecule has 0 aromatic heterocycles. The quantitative estimate of drug-likeness (QED) is 0.360. The summed E-state index contributed by atoms with van der Waals surface area (Å²) in [6.07, 6.45) is -2.87. The van der Waals surface area contributed by atoms with Gasteiger partial charge in [-0.25, -0.2) is 0 Å². The summed E-state index contributed by atoms with van der Waals surface area (Å²) in [5.74, 6) is 1.06. The average Bonchev–Trinajstić information content (AvgIpc) is 3.42. The molecule has 0 unspecified atom stereocenters. The van der Waals surface area contributed by atoms with E-state index in [1.54, 1.807) is 48.1 Å². The number of likely N-dealkylation sites (tertiary alicyclic amines) is 1. The van der Waals surface area contributed by atoms with Gasteiger partial charge in [0.15, 0.2) is 0 Å². The number of halogens is 3. The summed E-state index contributed by atoms with van der Waals surface area (Å²) in [7, 11) is 1.60. The molecular weight excluding hydrogens is 537 g/mol. The fourth-order valence-electron chi connectivity index (χ4n) is 5.04. The van der Waals surface area contributed by atoms with Crippen molar-refractivity contribution >= 4 is 17.9 Å². The smallest absolute Gasteiger partial charge is 0.416 e. The highest BCUT2D eigenvalue weighted by Crippen LogP contribution is 2.32. The zero-order chi connectivity index (χ0) is 29.1. The normalized spacial score (nSPS) is 19.1. The molecule has 3 aromatic carbocycles. The fourth-order valence-corrected chi connectivity index (χ4v) is 5.04. The Morgan fingerprint density at radius 1 is 0.902 bits per heavy atom. The van der Waals surface area contributed by atoms with Crippen molar-refractivity contribution in [3.8, 4) is 17.2 Å². The van der Waals surface area contributed by atoms with Crippen LogP contribution in [-0.2, 0) is 15.7 Å². The highest BCUT2D eigenvalue weighted by molar-refractivity contribution is 5.98. The number of morpholine rings is 1. The molecule has 0 spiro atoms. The van der Waals surface area contributed by atoms with Gasteiger partial charge in [-0.2, -0.15) is 13.2 Å². The number of carbonyl (C=O) groups is 2. The van der Waals surface area contributed by atoms with Crippen LogP contribution >= 0.6 is 0 Å². The molecule has 0 aliphatic carbocycles. The molecule has 0 bridgehead atoms. The lowest BCUT2D eigenvalue weighted by molar-refractivity contribution is -0.138. The van der Waals surface area contributed by atoms with E-state index in [1.807, 2.05) is 30.3 Å². The number of alkyl halides is 3. The summed E-state index contributed by atoms with van der Waals surface area (Å²) in [6, 6.07) is 18.0. The number of nitrogens with zero attached hydrogens (tertiary/aromatic N) is 2. The third-order valence-electron chi connectivity index (χ3n) is 7.20. The van der Waals surface area contributed by atoms with Gasteiger partial charge in [0, 0.05) is 30.8 Å². The highest BCUT2D eigenvalue weighted by atomic mass is 19.4. The van der Waals surface area contributed by atoms with E-state index < -0.39 is 11.7 Å². The predicted octanol–water partition coefficient (Wildman–Crippen LogP) is 5.66. The lowest BCUT2D eigenvalue weighted by Gasteiger charge is -2.37. The van der Waals surface area contributed by atoms with Crippen LogP contribution in [0.5, 0.6) is 17.2 Å². The van der Waals surface area contributed by atoms with Gasteiger partial charge in [-0.3, -0.25) is 9.59 Å². The molecular formula is C31H29F3N2O5. The molecule has 2 aliphatic rings. The van der Waals surface area contributed by atoms with Crippen molar-refractivity contribution in [3.63, 3.8) is 0 Å². The molecule has 2 amide bonds. The second-order valence-electron chi connectivity index (χ2n) is 9.93. The number of hydrogen-bond acceptors (Lipinski definition) is 5. The molecule has 5 rings (SSSR count). The Morgan fingerprint density at radius 2 is 1.51 bits per heavy atom. The van der Waals surface area contributed by atoms with E-state index in [4.69, 9.17) is 14.2 Å². The first-order valence-electron chi connectivity index (χ1n) is 13.1. The van der Waals surface area contributed by atoms with Crippen LogP contribution in [0.4, 0.5) is 13.2 Å². The van der Waals surface area contributed by atoms with Crippen molar-refractivity contribution in [1.29, 1.82) is 0 Å². The molecule has 2 fully saturated rings. The van der Waals surface area contributed by atoms with E-state index in [2.05, 4.69) is 0 Å². The number of methoxy groups -OCH3 is 1. The molecule has 10 heteroatoms. The van der Waals surface area contributed by atoms with E-state index in [1.165, 1.54) is 12.1 Å². The highest BCUT2D eigenvalue weighted by Gasteiger charge is 2.44. The molecule has 214 valence electrons. The Bertz CT molecular complexity index is 1420. The van der Waals surface area contributed by atoms with Gasteiger partial charge in [-0.05, 0) is 79.2 Å². The number of hydrogen-bond donors (Lipinski definition) is 0. The molecule has 0 N–H and O–H groups in total. The summed E-state index contributed by atoms with van der Waals surface area (Å²) < 4.78 is 55.1. The molecule has 7 nitrogen and oxygen atoms in total. The lowest BCUT2D eigenvalue weighted by atomic mass is 10.1. The van der Waals surface area contributed by atoms with Crippen molar-refractivity contribution in [2.75, 3.05) is 33.4 Å². The van der Waals surface area contributed by atoms with Gasteiger partial charge >= 0.3 is 6.18 Å². The van der Waals surface area contributed by atoms with Gasteiger partial charge in [-0.15, -0.1) is 0 Å². The fraction of sp³-hybridized carbons (Fsp3) is 0.290. The summed E-state index contributed by atoms with van der Waals surface area (Å²) >= 11 is 0. The minimum Gasteiger partial charge on any atom is -0.497 e. The van der Waals surface area contributed by atoms with Gasteiger partial charge in [0.2, 0.25) is 5.91 Å². The van der Waals surface area contributed by atoms with Crippen molar-refractivity contribution in [2.45, 2.75) is 25.2 Å². The second kappa shape index (κ2) is 11.7. The number of rotatable bonds is 6. The molecule has 2 saturated heterocycles. The first kappa shape index (κ1) is 28.2. The Balaban J connectivity index is 1.22. The molecule has 0 saturated carbocycles. The molecule has 3 aromatic rings. The number of amides is 2. The van der Waals surface area contributed by atoms with E-state index in [0.29, 0.717) is 43.1 Å². The van der Waals surface area contributed by atoms with Crippen molar-refractivity contribution in [3.05, 3.63) is 95.1 Å². The SMILES string of the molecule is COc1ccc(/C=C(\C)C(=O)N2CCO[C@@H]3CN(C(=O)c4ccc(Oc5ccc(C(F)(F)F)cc5)cc4)C[C@@H]32)cc1. The van der Waals surface area contributed by atoms with Gasteiger partial charge in [-0.1, -0.05) is 12.1 Å². The Morgan fingerprint density at radius 3 is 2.12 bits per heavy atom. The van der Waals surface area contributed by atoms with Crippen LogP contribution in [0.2, 0.25) is 0 Å². The standard InChI is InChI=1S/C31H29F3N2O5/c1-20(17-21-3-9-24(39-2)10-4-21)29(37)36-15-16-40-28-19-35(18-27(28)36)30(38)22-5-11-25(12-6-22)41-26-13-7-23(8-14-26)31(32,33)34/h3-14,17,27-28H,15-16,18-19H2,1-2H3/b20-17+/t27-,28+/m0/s1. The van der Waals surface area contributed by atoms with Crippen molar-refractivity contribution < 1.29 is 37.0 Å². The van der Waals surface area contributed by atoms with Gasteiger partial charge in [0.25, 0.3) is 5.91 Å². The first-order chi connectivity index (χ1) is 19.6. The number of fused-ring (bicyclic) bond motifs is 1. The third-order valence-corrected chi connectivity index (χ3v) is 7.20. The van der Waals surface area contributed by atoms with E-state index in [9.17, 15) is 22.8 Å². The van der Waals surface area contributed by atoms with Gasteiger partial charge < -0.3 is 24.0 Å². The van der Waals surface area contributed by atoms with Crippen LogP contribution < -0.4 is 9.47 Å². The largest absolute Gasteiger partial charge is 0.497 e. The Hall–Kier alpha value is -4.31. The maximum atomic E-state index is 13.4. The Kier molecular flexibility index (Phi) is 8.03. The minimum absolute atomic E-state index is 0.0989. The summed E-state index contributed by atoms with van der Waals surface area (Å²) in [5, 5.41) is 0. The molecule has 2 aliphatic heterocycles. The van der Waals surface area contributed by atoms with Crippen LogP contribution in [-0.4, -0.2) is 67.1 Å². The summed E-state index contributed by atoms with van der Waals surface area (Å²) in [4.78, 5) is 30.1. The predicted molar refractivity (Wildman–Crippen MR) is 146 cm³/mol. The first-order valence-corrected chi connectivity index (χ1v) is 13.1. The van der Waals surface area contributed by atoms with Crippen molar-refractivity contribution in [2.24, 2.45) is 0 Å². The van der Waals surface area contributed by atoms with Gasteiger partial charge in [0.1, 0.15) is 17.2 Å². The van der Waals surface area contributed by atoms with Gasteiger partial charge in [0.05, 0.1) is 31.4 Å². The minimum atomic E-state index is -4.42. The number of ether oxygens (including phenoxy) is 3. The lowest BCUT2D eigenvalue weighted by Crippen LogP contribution is -2.53. The van der Waals surface area contributed by atoms with Crippen LogP contribution in [0.1, 0.15) is 28.4 Å². The van der Waals surface area contributed by atoms with E-state index in [-0.39, 0.29) is 29.7 Å². The zero-order valence-electron chi connectivity index (χ0n) is 22.6. The molecule has 0 radical (unpaired) electrons. The van der Waals surface area contributed by atoms with Crippen LogP contribution in [0.25, 0.3) is 6.08 Å². The van der Waals surface area contributed by atoms with Crippen LogP contribution in [0, 0.1) is 0 Å². The Labute approximate surface area is 235 Å². The number of benzene rings is 3. The van der Waals surface area contributed by atoms with Crippen LogP contribution in [0.15, 0.2) is 78.4 Å². The zero-order valence-corrected chi connectivity index (χ0v) is 22.6. The number of carbonyl (C=O) groups excluding carboxylic acids is 2. The maximum absolute atomic E-state index is 13.4. The molecule has 41 heavy (non-hydrogen) atoms. The van der Waals surface area contributed by atoms with Crippen LogP contribution in [0.3, 0.4) is 0 Å². The third kappa shape index (κ3) is 6.38. The van der Waals surface area contributed by atoms with E-state index >= 15 is 0 Å². The second-order valence-corrected chi connectivity index (χ2v) is 9.93. The summed E-state index contributed by atoms with van der Waals surface area (Å²) in [5.41, 5.74) is 1.14. The monoisotopic (exact) mass is 566 g/mol. The topological polar surface area (TPSA) is 68.3 Å². The van der Waals surface area contributed by atoms with E-state index in [0.717, 1.165) is 23.4 Å². The molecule has 2 heterocycles. The van der Waals surface area contributed by atoms with Crippen molar-refractivity contribution in [1.82, 2.24) is 9.80 Å². The average molecular weight is 567 g/mol. The summed E-state index contributed by atoms with van der Waals surface area (Å²) in [6.45, 7) is 3.31. The molecule has 2 atom stereocenters. The maximum Gasteiger partial charge on any atom is 0.416 e.